The number of nitrogens with zero attached hydrogens (tertiary/aromatic N) is 3. The van der Waals surface area contributed by atoms with Gasteiger partial charge in [-0.2, -0.15) is 13.2 Å². The van der Waals surface area contributed by atoms with Crippen LogP contribution in [0.15, 0.2) is 0 Å². The third-order valence-corrected chi connectivity index (χ3v) is 2.89. The lowest BCUT2D eigenvalue weighted by Gasteiger charge is -2.17. The number of hydrogen-bond donors (Lipinski definition) is 2. The van der Waals surface area contributed by atoms with Crippen molar-refractivity contribution >= 4 is 11.9 Å². The lowest BCUT2D eigenvalue weighted by molar-refractivity contribution is -0.145. The Bertz CT molecular complexity index is 539. The normalized spacial score (nSPS) is 13.3. The number of halogens is 3. The van der Waals surface area contributed by atoms with E-state index in [0.29, 0.717) is 0 Å². The topological polar surface area (TPSA) is 97.1 Å². The number of rotatable bonds is 5. The van der Waals surface area contributed by atoms with E-state index >= 15 is 0 Å². The molecular formula is C11H15F3N4O3. The Morgan fingerprint density at radius 1 is 1.33 bits per heavy atom. The van der Waals surface area contributed by atoms with E-state index < -0.39 is 36.0 Å². The SMILES string of the molecule is CC(C)C(C)NC(=O)Cn1nnc(C(=O)O)c1C(F)(F)F. The van der Waals surface area contributed by atoms with E-state index in [4.69, 9.17) is 5.11 Å². The van der Waals surface area contributed by atoms with Gasteiger partial charge in [0.05, 0.1) is 0 Å². The molecule has 0 saturated heterocycles. The van der Waals surface area contributed by atoms with Crippen molar-refractivity contribution < 1.29 is 27.9 Å². The first-order valence-electron chi connectivity index (χ1n) is 6.07. The molecule has 0 aliphatic rings. The van der Waals surface area contributed by atoms with E-state index in [1.807, 2.05) is 13.8 Å². The van der Waals surface area contributed by atoms with Crippen molar-refractivity contribution in [3.8, 4) is 0 Å². The Balaban J connectivity index is 2.99. The number of hydrogen-bond acceptors (Lipinski definition) is 4. The third kappa shape index (κ3) is 4.17. The zero-order chi connectivity index (χ0) is 16.4. The molecule has 1 heterocycles. The molecule has 0 fully saturated rings. The van der Waals surface area contributed by atoms with Crippen LogP contribution in [0.5, 0.6) is 0 Å². The second kappa shape index (κ2) is 6.10. The van der Waals surface area contributed by atoms with Gasteiger partial charge in [0.15, 0.2) is 5.69 Å². The van der Waals surface area contributed by atoms with Gasteiger partial charge in [0, 0.05) is 6.04 Å². The van der Waals surface area contributed by atoms with Crippen LogP contribution < -0.4 is 5.32 Å². The number of carboxylic acids is 1. The summed E-state index contributed by atoms with van der Waals surface area (Å²) in [5, 5.41) is 17.2. The molecule has 0 spiro atoms. The minimum absolute atomic E-state index is 0.0985. The Labute approximate surface area is 118 Å². The number of nitrogens with one attached hydrogen (secondary N) is 1. The van der Waals surface area contributed by atoms with Gasteiger partial charge in [-0.15, -0.1) is 5.10 Å². The number of aromatic carboxylic acids is 1. The lowest BCUT2D eigenvalue weighted by atomic mass is 10.1. The van der Waals surface area contributed by atoms with Crippen molar-refractivity contribution in [3.63, 3.8) is 0 Å². The number of carboxylic acid groups (broad SMARTS) is 1. The molecule has 2 N–H and O–H groups in total. The standard InChI is InChI=1S/C11H15F3N4O3/c1-5(2)6(3)15-7(19)4-18-9(11(12,13)14)8(10(20)21)16-17-18/h5-6H,4H2,1-3H3,(H,15,19)(H,20,21). The van der Waals surface area contributed by atoms with Crippen LogP contribution >= 0.6 is 0 Å². The van der Waals surface area contributed by atoms with E-state index in [2.05, 4.69) is 15.6 Å². The van der Waals surface area contributed by atoms with Gasteiger partial charge in [0.2, 0.25) is 11.6 Å². The average Bonchev–Trinajstić information content (AvgIpc) is 2.71. The molecule has 1 rings (SSSR count). The van der Waals surface area contributed by atoms with E-state index in [1.165, 1.54) is 0 Å². The number of carbonyl (C=O) groups excluding carboxylic acids is 1. The van der Waals surface area contributed by atoms with Gasteiger partial charge >= 0.3 is 12.1 Å². The van der Waals surface area contributed by atoms with Crippen LogP contribution in [-0.4, -0.2) is 38.0 Å². The van der Waals surface area contributed by atoms with Gasteiger partial charge in [-0.1, -0.05) is 19.1 Å². The van der Waals surface area contributed by atoms with Gasteiger partial charge in [-0.25, -0.2) is 9.48 Å². The first kappa shape index (κ1) is 16.9. The molecule has 21 heavy (non-hydrogen) atoms. The third-order valence-electron chi connectivity index (χ3n) is 2.89. The molecule has 0 aromatic carbocycles. The summed E-state index contributed by atoms with van der Waals surface area (Å²) in [5.41, 5.74) is -2.78. The molecule has 0 radical (unpaired) electrons. The Kier molecular flexibility index (Phi) is 4.92. The molecule has 7 nitrogen and oxygen atoms in total. The van der Waals surface area contributed by atoms with Crippen molar-refractivity contribution in [1.29, 1.82) is 0 Å². The summed E-state index contributed by atoms with van der Waals surface area (Å²) < 4.78 is 38.8. The predicted molar refractivity (Wildman–Crippen MR) is 64.4 cm³/mol. The predicted octanol–water partition coefficient (Wildman–Crippen LogP) is 1.16. The highest BCUT2D eigenvalue weighted by atomic mass is 19.4. The first-order chi connectivity index (χ1) is 9.54. The van der Waals surface area contributed by atoms with Crippen LogP contribution in [0.3, 0.4) is 0 Å². The number of alkyl halides is 3. The summed E-state index contributed by atoms with van der Waals surface area (Å²) in [5.74, 6) is -2.46. The summed E-state index contributed by atoms with van der Waals surface area (Å²) in [7, 11) is 0. The van der Waals surface area contributed by atoms with Gasteiger partial charge in [0.1, 0.15) is 6.54 Å². The van der Waals surface area contributed by atoms with Crippen molar-refractivity contribution in [2.24, 2.45) is 5.92 Å². The number of carbonyl (C=O) groups is 2. The first-order valence-corrected chi connectivity index (χ1v) is 6.07. The molecule has 1 aromatic heterocycles. The molecule has 1 unspecified atom stereocenters. The number of aromatic nitrogens is 3. The highest BCUT2D eigenvalue weighted by Crippen LogP contribution is 2.31. The highest BCUT2D eigenvalue weighted by Gasteiger charge is 2.41. The van der Waals surface area contributed by atoms with Gasteiger partial charge in [0.25, 0.3) is 0 Å². The summed E-state index contributed by atoms with van der Waals surface area (Å²) in [4.78, 5) is 22.4. The van der Waals surface area contributed by atoms with Crippen LogP contribution in [0.4, 0.5) is 13.2 Å². The van der Waals surface area contributed by atoms with Gasteiger partial charge < -0.3 is 10.4 Å². The van der Waals surface area contributed by atoms with Crippen LogP contribution in [0, 0.1) is 5.92 Å². The molecule has 118 valence electrons. The molecule has 1 amide bonds. The molecule has 0 bridgehead atoms. The second-order valence-electron chi connectivity index (χ2n) is 4.85. The molecule has 1 atom stereocenters. The Morgan fingerprint density at radius 3 is 2.33 bits per heavy atom. The van der Waals surface area contributed by atoms with Crippen LogP contribution in [0.25, 0.3) is 0 Å². The minimum Gasteiger partial charge on any atom is -0.476 e. The molecule has 0 aliphatic heterocycles. The molecule has 1 aromatic rings. The summed E-state index contributed by atoms with van der Waals surface area (Å²) in [6.07, 6.45) is -4.97. The van der Waals surface area contributed by atoms with E-state index in [1.54, 1.807) is 6.92 Å². The fourth-order valence-electron chi connectivity index (χ4n) is 1.45. The van der Waals surface area contributed by atoms with Crippen molar-refractivity contribution in [3.05, 3.63) is 11.4 Å². The van der Waals surface area contributed by atoms with Crippen molar-refractivity contribution in [2.75, 3.05) is 0 Å². The van der Waals surface area contributed by atoms with Crippen LogP contribution in [0.1, 0.15) is 37.0 Å². The second-order valence-corrected chi connectivity index (χ2v) is 4.85. The zero-order valence-corrected chi connectivity index (χ0v) is 11.6. The highest BCUT2D eigenvalue weighted by molar-refractivity contribution is 5.87. The Hall–Kier alpha value is -2.13. The quantitative estimate of drug-likeness (QED) is 0.850. The fourth-order valence-corrected chi connectivity index (χ4v) is 1.45. The fraction of sp³-hybridized carbons (Fsp3) is 0.636. The van der Waals surface area contributed by atoms with E-state index in [9.17, 15) is 22.8 Å². The van der Waals surface area contributed by atoms with Crippen LogP contribution in [0.2, 0.25) is 0 Å². The molecule has 0 saturated carbocycles. The maximum atomic E-state index is 12.8. The van der Waals surface area contributed by atoms with Gasteiger partial charge in [-0.3, -0.25) is 4.79 Å². The van der Waals surface area contributed by atoms with E-state index in [0.717, 1.165) is 0 Å². The molecular weight excluding hydrogens is 293 g/mol. The summed E-state index contributed by atoms with van der Waals surface area (Å²) in [6.45, 7) is 4.62. The molecule has 10 heteroatoms. The summed E-state index contributed by atoms with van der Waals surface area (Å²) in [6, 6.07) is -0.241. The van der Waals surface area contributed by atoms with Gasteiger partial charge in [-0.05, 0) is 12.8 Å². The van der Waals surface area contributed by atoms with E-state index in [-0.39, 0.29) is 16.6 Å². The Morgan fingerprint density at radius 2 is 1.90 bits per heavy atom. The lowest BCUT2D eigenvalue weighted by Crippen LogP contribution is -2.39. The zero-order valence-electron chi connectivity index (χ0n) is 11.6. The monoisotopic (exact) mass is 308 g/mol. The van der Waals surface area contributed by atoms with Crippen LogP contribution in [-0.2, 0) is 17.5 Å². The van der Waals surface area contributed by atoms with Crippen molar-refractivity contribution in [2.45, 2.75) is 39.5 Å². The number of amides is 1. The summed E-state index contributed by atoms with van der Waals surface area (Å²) >= 11 is 0. The van der Waals surface area contributed by atoms with Crippen molar-refractivity contribution in [1.82, 2.24) is 20.3 Å². The smallest absolute Gasteiger partial charge is 0.435 e. The average molecular weight is 308 g/mol. The maximum Gasteiger partial charge on any atom is 0.435 e. The molecule has 0 aliphatic carbocycles. The maximum absolute atomic E-state index is 12.8. The minimum atomic E-state index is -4.97. The largest absolute Gasteiger partial charge is 0.476 e.